The minimum absolute atomic E-state index is 0.0554. The molecule has 1 aliphatic heterocycles. The molecule has 1 fully saturated rings. The van der Waals surface area contributed by atoms with Gasteiger partial charge >= 0.3 is 5.97 Å². The number of hydrogen-bond acceptors (Lipinski definition) is 6. The van der Waals surface area contributed by atoms with E-state index in [-0.39, 0.29) is 27.8 Å². The number of hydrogen-bond donors (Lipinski definition) is 1. The van der Waals surface area contributed by atoms with Crippen LogP contribution in [-0.2, 0) is 19.4 Å². The Labute approximate surface area is 145 Å². The number of esters is 1. The molecule has 1 N–H and O–H groups in total. The van der Waals surface area contributed by atoms with E-state index < -0.39 is 34.4 Å². The topological polar surface area (TPSA) is 101 Å². The van der Waals surface area contributed by atoms with Crippen molar-refractivity contribution in [2.45, 2.75) is 19.4 Å². The highest BCUT2D eigenvalue weighted by atomic mass is 35.5. The first-order chi connectivity index (χ1) is 11.2. The van der Waals surface area contributed by atoms with Gasteiger partial charge in [0.1, 0.15) is 11.3 Å². The average Bonchev–Trinajstić information content (AvgIpc) is 2.85. The third-order valence-electron chi connectivity index (χ3n) is 3.82. The van der Waals surface area contributed by atoms with E-state index in [2.05, 4.69) is 0 Å². The molecule has 1 atom stereocenters. The summed E-state index contributed by atoms with van der Waals surface area (Å²) in [5.74, 6) is -1.68. The fourth-order valence-electron chi connectivity index (χ4n) is 2.62. The van der Waals surface area contributed by atoms with Crippen molar-refractivity contribution in [1.29, 1.82) is 0 Å². The molecule has 1 saturated heterocycles. The third-order valence-corrected chi connectivity index (χ3v) is 5.80. The van der Waals surface area contributed by atoms with E-state index in [0.29, 0.717) is 13.0 Å². The number of carbonyl (C=O) groups excluding carboxylic acids is 2. The molecule has 0 radical (unpaired) electrons. The van der Waals surface area contributed by atoms with E-state index in [1.165, 1.54) is 23.1 Å². The minimum Gasteiger partial charge on any atom is -0.507 e. The zero-order valence-corrected chi connectivity index (χ0v) is 14.6. The van der Waals surface area contributed by atoms with E-state index in [9.17, 15) is 23.1 Å². The molecular formula is C15H18ClNO6S. The van der Waals surface area contributed by atoms with Crippen LogP contribution in [0.1, 0.15) is 23.7 Å². The van der Waals surface area contributed by atoms with Crippen LogP contribution < -0.4 is 0 Å². The second-order valence-electron chi connectivity index (χ2n) is 5.47. The number of amides is 1. The zero-order chi connectivity index (χ0) is 17.9. The normalized spacial score (nSPS) is 19.0. The largest absolute Gasteiger partial charge is 0.507 e. The number of sulfone groups is 1. The highest BCUT2D eigenvalue weighted by Gasteiger charge is 2.34. The second-order valence-corrected chi connectivity index (χ2v) is 8.14. The van der Waals surface area contributed by atoms with Gasteiger partial charge in [-0.15, -0.1) is 0 Å². The summed E-state index contributed by atoms with van der Waals surface area (Å²) in [6.07, 6.45) is 0.383. The maximum Gasteiger partial charge on any atom is 0.342 e. The van der Waals surface area contributed by atoms with Crippen LogP contribution >= 0.6 is 11.6 Å². The molecule has 2 rings (SSSR count). The Morgan fingerprint density at radius 2 is 2.12 bits per heavy atom. The van der Waals surface area contributed by atoms with Crippen LogP contribution in [0.5, 0.6) is 5.75 Å². The number of halogens is 1. The van der Waals surface area contributed by atoms with Gasteiger partial charge in [-0.1, -0.05) is 11.6 Å². The fraction of sp³-hybridized carbons (Fsp3) is 0.467. The number of carbonyl (C=O) groups is 2. The van der Waals surface area contributed by atoms with Crippen LogP contribution in [-0.4, -0.2) is 61.0 Å². The lowest BCUT2D eigenvalue weighted by atomic mass is 10.2. The number of likely N-dealkylation sites (N-methyl/N-ethyl adjacent to an activating group) is 1. The summed E-state index contributed by atoms with van der Waals surface area (Å²) in [6, 6.07) is 3.52. The van der Waals surface area contributed by atoms with Crippen LogP contribution in [0.3, 0.4) is 0 Å². The van der Waals surface area contributed by atoms with E-state index in [1.807, 2.05) is 0 Å². The predicted octanol–water partition coefficient (Wildman–Crippen LogP) is 1.24. The Morgan fingerprint density at radius 3 is 2.67 bits per heavy atom. The molecular weight excluding hydrogens is 358 g/mol. The highest BCUT2D eigenvalue weighted by Crippen LogP contribution is 2.23. The molecule has 1 heterocycles. The van der Waals surface area contributed by atoms with Gasteiger partial charge in [-0.05, 0) is 31.5 Å². The summed E-state index contributed by atoms with van der Waals surface area (Å²) in [5.41, 5.74) is -0.0984. The Hall–Kier alpha value is -1.80. The van der Waals surface area contributed by atoms with E-state index in [0.717, 1.165) is 0 Å². The van der Waals surface area contributed by atoms with E-state index in [1.54, 1.807) is 6.92 Å². The molecule has 9 heteroatoms. The van der Waals surface area contributed by atoms with Gasteiger partial charge in [-0.2, -0.15) is 0 Å². The zero-order valence-electron chi connectivity index (χ0n) is 13.1. The van der Waals surface area contributed by atoms with Crippen molar-refractivity contribution in [2.75, 3.05) is 24.7 Å². The molecule has 1 aromatic rings. The third kappa shape index (κ3) is 4.39. The number of phenolic OH excluding ortho intramolecular Hbond substituents is 1. The van der Waals surface area contributed by atoms with E-state index in [4.69, 9.17) is 16.3 Å². The van der Waals surface area contributed by atoms with Crippen molar-refractivity contribution < 1.29 is 27.9 Å². The Balaban J connectivity index is 1.97. The van der Waals surface area contributed by atoms with Crippen molar-refractivity contribution in [2.24, 2.45) is 0 Å². The molecule has 1 amide bonds. The molecule has 0 saturated carbocycles. The maximum atomic E-state index is 12.2. The second kappa shape index (κ2) is 7.40. The number of ether oxygens (including phenoxy) is 1. The van der Waals surface area contributed by atoms with Crippen LogP contribution in [0.15, 0.2) is 18.2 Å². The lowest BCUT2D eigenvalue weighted by Gasteiger charge is -2.26. The van der Waals surface area contributed by atoms with Crippen LogP contribution in [0.2, 0.25) is 5.02 Å². The molecule has 0 bridgehead atoms. The first kappa shape index (κ1) is 18.5. The summed E-state index contributed by atoms with van der Waals surface area (Å²) in [5, 5.41) is 9.93. The lowest BCUT2D eigenvalue weighted by molar-refractivity contribution is -0.136. The summed E-state index contributed by atoms with van der Waals surface area (Å²) in [7, 11) is -3.12. The minimum atomic E-state index is -3.12. The van der Waals surface area contributed by atoms with Gasteiger partial charge in [-0.3, -0.25) is 4.79 Å². The standard InChI is InChI=1S/C15H18ClNO6S/c1-2-17(11-5-6-24(21,22)9-11)14(19)8-23-15(20)12-4-3-10(16)7-13(12)18/h3-4,7,11,18H,2,5-6,8-9H2,1H3. The van der Waals surface area contributed by atoms with Crippen molar-refractivity contribution in [3.8, 4) is 5.75 Å². The van der Waals surface area contributed by atoms with Crippen LogP contribution in [0.25, 0.3) is 0 Å². The van der Waals surface area contributed by atoms with Crippen molar-refractivity contribution >= 4 is 33.3 Å². The highest BCUT2D eigenvalue weighted by molar-refractivity contribution is 7.91. The first-order valence-electron chi connectivity index (χ1n) is 7.39. The fourth-order valence-corrected chi connectivity index (χ4v) is 4.52. The molecule has 132 valence electrons. The van der Waals surface area contributed by atoms with Gasteiger partial charge in [0.15, 0.2) is 16.4 Å². The SMILES string of the molecule is CCN(C(=O)COC(=O)c1ccc(Cl)cc1O)C1CCS(=O)(=O)C1. The molecule has 24 heavy (non-hydrogen) atoms. The summed E-state index contributed by atoms with van der Waals surface area (Å²) < 4.78 is 28.0. The molecule has 0 spiro atoms. The predicted molar refractivity (Wildman–Crippen MR) is 87.8 cm³/mol. The number of nitrogens with zero attached hydrogens (tertiary/aromatic N) is 1. The van der Waals surface area contributed by atoms with Crippen LogP contribution in [0, 0.1) is 0 Å². The maximum absolute atomic E-state index is 12.2. The molecule has 1 aromatic carbocycles. The summed E-state index contributed by atoms with van der Waals surface area (Å²) in [6.45, 7) is 1.53. The molecule has 0 aromatic heterocycles. The summed E-state index contributed by atoms with van der Waals surface area (Å²) >= 11 is 5.68. The quantitative estimate of drug-likeness (QED) is 0.777. The van der Waals surface area contributed by atoms with Crippen molar-refractivity contribution in [3.63, 3.8) is 0 Å². The monoisotopic (exact) mass is 375 g/mol. The first-order valence-corrected chi connectivity index (χ1v) is 9.59. The van der Waals surface area contributed by atoms with Crippen molar-refractivity contribution in [3.05, 3.63) is 28.8 Å². The molecule has 1 unspecified atom stereocenters. The number of rotatable bonds is 5. The number of aromatic hydroxyl groups is 1. The Bertz CT molecular complexity index is 748. The molecule has 7 nitrogen and oxygen atoms in total. The van der Waals surface area contributed by atoms with Crippen molar-refractivity contribution in [1.82, 2.24) is 4.90 Å². The number of phenols is 1. The number of benzene rings is 1. The van der Waals surface area contributed by atoms with Gasteiger partial charge < -0.3 is 14.7 Å². The Morgan fingerprint density at radius 1 is 1.42 bits per heavy atom. The summed E-state index contributed by atoms with van der Waals surface area (Å²) in [4.78, 5) is 25.5. The van der Waals surface area contributed by atoms with Gasteiger partial charge in [0, 0.05) is 17.6 Å². The lowest BCUT2D eigenvalue weighted by Crippen LogP contribution is -2.43. The molecule has 0 aliphatic carbocycles. The van der Waals surface area contributed by atoms with Crippen LogP contribution in [0.4, 0.5) is 0 Å². The molecule has 1 aliphatic rings. The smallest absolute Gasteiger partial charge is 0.342 e. The van der Waals surface area contributed by atoms with Gasteiger partial charge in [0.25, 0.3) is 5.91 Å². The average molecular weight is 376 g/mol. The Kier molecular flexibility index (Phi) is 5.71. The van der Waals surface area contributed by atoms with E-state index >= 15 is 0 Å². The van der Waals surface area contributed by atoms with Gasteiger partial charge in [0.05, 0.1) is 11.5 Å². The van der Waals surface area contributed by atoms with Gasteiger partial charge in [0.2, 0.25) is 0 Å². The van der Waals surface area contributed by atoms with Gasteiger partial charge in [-0.25, -0.2) is 13.2 Å².